The van der Waals surface area contributed by atoms with Gasteiger partial charge >= 0.3 is 6.18 Å². The molecule has 2 saturated heterocycles. The molecule has 0 bridgehead atoms. The summed E-state index contributed by atoms with van der Waals surface area (Å²) < 4.78 is 45.2. The number of rotatable bonds is 5. The van der Waals surface area contributed by atoms with Gasteiger partial charge in [0.2, 0.25) is 5.91 Å². The molecule has 4 rings (SSSR count). The molecule has 6 nitrogen and oxygen atoms in total. The van der Waals surface area contributed by atoms with Crippen LogP contribution in [0.2, 0.25) is 5.02 Å². The lowest BCUT2D eigenvalue weighted by Gasteiger charge is -2.36. The first-order valence-corrected chi connectivity index (χ1v) is 11.2. The van der Waals surface area contributed by atoms with E-state index in [0.29, 0.717) is 63.2 Å². The molecule has 0 saturated carbocycles. The number of ether oxygens (including phenoxy) is 1. The fraction of sp³-hybridized carbons (Fsp3) is 0.435. The molecule has 2 aliphatic rings. The van der Waals surface area contributed by atoms with E-state index in [0.717, 1.165) is 17.8 Å². The van der Waals surface area contributed by atoms with Gasteiger partial charge in [-0.05, 0) is 30.3 Å². The number of hydrogen-bond acceptors (Lipinski definition) is 5. The van der Waals surface area contributed by atoms with Crippen LogP contribution in [0, 0.1) is 0 Å². The zero-order valence-corrected chi connectivity index (χ0v) is 18.8. The summed E-state index contributed by atoms with van der Waals surface area (Å²) in [5, 5.41) is 3.41. The first kappa shape index (κ1) is 23.7. The summed E-state index contributed by atoms with van der Waals surface area (Å²) in [5.41, 5.74) is 0.917. The Morgan fingerprint density at radius 3 is 2.27 bits per heavy atom. The average molecular weight is 483 g/mol. The molecule has 1 amide bonds. The van der Waals surface area contributed by atoms with E-state index >= 15 is 0 Å². The summed E-state index contributed by atoms with van der Waals surface area (Å²) in [7, 11) is 0. The van der Waals surface area contributed by atoms with E-state index in [1.54, 1.807) is 0 Å². The van der Waals surface area contributed by atoms with E-state index in [9.17, 15) is 18.0 Å². The SMILES string of the molecule is O=C(CN1CCN(c2ccccc2Cl)CC1)Nc1cc(C(F)(F)F)ccc1N1CCOCC1. The summed E-state index contributed by atoms with van der Waals surface area (Å²) in [6.45, 7) is 4.91. The van der Waals surface area contributed by atoms with Crippen LogP contribution in [0.1, 0.15) is 5.56 Å². The van der Waals surface area contributed by atoms with E-state index in [1.807, 2.05) is 34.1 Å². The number of anilines is 3. The van der Waals surface area contributed by atoms with Gasteiger partial charge in [0.15, 0.2) is 0 Å². The van der Waals surface area contributed by atoms with Gasteiger partial charge in [0.05, 0.1) is 47.4 Å². The van der Waals surface area contributed by atoms with Crippen LogP contribution < -0.4 is 15.1 Å². The molecular formula is C23H26ClF3N4O2. The highest BCUT2D eigenvalue weighted by atomic mass is 35.5. The maximum absolute atomic E-state index is 13.3. The minimum Gasteiger partial charge on any atom is -0.378 e. The van der Waals surface area contributed by atoms with Crippen molar-refractivity contribution in [1.82, 2.24) is 4.90 Å². The van der Waals surface area contributed by atoms with Crippen molar-refractivity contribution in [3.05, 3.63) is 53.1 Å². The van der Waals surface area contributed by atoms with E-state index < -0.39 is 11.7 Å². The van der Waals surface area contributed by atoms with Gasteiger partial charge in [-0.3, -0.25) is 9.69 Å². The number of amides is 1. The topological polar surface area (TPSA) is 48.1 Å². The number of para-hydroxylation sites is 1. The highest BCUT2D eigenvalue weighted by Crippen LogP contribution is 2.36. The Kier molecular flexibility index (Phi) is 7.31. The highest BCUT2D eigenvalue weighted by Gasteiger charge is 2.32. The van der Waals surface area contributed by atoms with Crippen molar-refractivity contribution in [2.24, 2.45) is 0 Å². The highest BCUT2D eigenvalue weighted by molar-refractivity contribution is 6.33. The molecule has 0 aliphatic carbocycles. The van der Waals surface area contributed by atoms with Crippen LogP contribution in [0.3, 0.4) is 0 Å². The van der Waals surface area contributed by atoms with Crippen molar-refractivity contribution >= 4 is 34.6 Å². The number of carbonyl (C=O) groups excluding carboxylic acids is 1. The lowest BCUT2D eigenvalue weighted by molar-refractivity contribution is -0.137. The number of halogens is 4. The van der Waals surface area contributed by atoms with Gasteiger partial charge in [-0.1, -0.05) is 23.7 Å². The Labute approximate surface area is 195 Å². The Hall–Kier alpha value is -2.49. The van der Waals surface area contributed by atoms with Gasteiger partial charge < -0.3 is 19.9 Å². The largest absolute Gasteiger partial charge is 0.416 e. The standard InChI is InChI=1S/C23H26ClF3N4O2/c24-18-3-1-2-4-20(18)30-9-7-29(8-10-30)16-22(32)28-19-15-17(23(25,26)27)5-6-21(19)31-11-13-33-14-12-31/h1-6,15H,7-14,16H2,(H,28,32). The number of nitrogens with one attached hydrogen (secondary N) is 1. The number of alkyl halides is 3. The van der Waals surface area contributed by atoms with E-state index in [2.05, 4.69) is 10.2 Å². The summed E-state index contributed by atoms with van der Waals surface area (Å²) in [6.07, 6.45) is -4.49. The number of piperazine rings is 1. The zero-order chi connectivity index (χ0) is 23.4. The molecular weight excluding hydrogens is 457 g/mol. The Bertz CT molecular complexity index is 974. The first-order chi connectivity index (χ1) is 15.8. The van der Waals surface area contributed by atoms with E-state index in [4.69, 9.17) is 16.3 Å². The van der Waals surface area contributed by atoms with Crippen LogP contribution >= 0.6 is 11.6 Å². The number of carbonyl (C=O) groups is 1. The molecule has 2 aromatic carbocycles. The lowest BCUT2D eigenvalue weighted by Crippen LogP contribution is -2.48. The van der Waals surface area contributed by atoms with Crippen molar-refractivity contribution < 1.29 is 22.7 Å². The smallest absolute Gasteiger partial charge is 0.378 e. The van der Waals surface area contributed by atoms with Gasteiger partial charge in [-0.25, -0.2) is 0 Å². The molecule has 2 fully saturated rings. The molecule has 1 N–H and O–H groups in total. The maximum Gasteiger partial charge on any atom is 0.416 e. The lowest BCUT2D eigenvalue weighted by atomic mass is 10.1. The third-order valence-electron chi connectivity index (χ3n) is 5.88. The van der Waals surface area contributed by atoms with Crippen LogP contribution in [-0.2, 0) is 15.7 Å². The molecule has 2 aromatic rings. The van der Waals surface area contributed by atoms with Gasteiger partial charge in [-0.2, -0.15) is 13.2 Å². The molecule has 178 valence electrons. The second-order valence-corrected chi connectivity index (χ2v) is 8.50. The normalized spacial score (nSPS) is 17.8. The molecule has 0 unspecified atom stereocenters. The van der Waals surface area contributed by atoms with Crippen molar-refractivity contribution in [3.63, 3.8) is 0 Å². The third-order valence-corrected chi connectivity index (χ3v) is 6.20. The summed E-state index contributed by atoms with van der Waals surface area (Å²) in [5.74, 6) is -0.338. The average Bonchev–Trinajstić information content (AvgIpc) is 2.80. The van der Waals surface area contributed by atoms with Crippen molar-refractivity contribution in [2.75, 3.05) is 74.1 Å². The van der Waals surface area contributed by atoms with Crippen LogP contribution in [0.4, 0.5) is 30.2 Å². The van der Waals surface area contributed by atoms with Gasteiger partial charge in [0, 0.05) is 39.3 Å². The number of nitrogens with zero attached hydrogens (tertiary/aromatic N) is 3. The number of hydrogen-bond donors (Lipinski definition) is 1. The Morgan fingerprint density at radius 2 is 1.61 bits per heavy atom. The predicted molar refractivity (Wildman–Crippen MR) is 123 cm³/mol. The second kappa shape index (κ2) is 10.2. The summed E-state index contributed by atoms with van der Waals surface area (Å²) >= 11 is 6.28. The van der Waals surface area contributed by atoms with E-state index in [-0.39, 0.29) is 18.1 Å². The zero-order valence-electron chi connectivity index (χ0n) is 18.1. The van der Waals surface area contributed by atoms with Crippen molar-refractivity contribution in [1.29, 1.82) is 0 Å². The maximum atomic E-state index is 13.3. The summed E-state index contributed by atoms with van der Waals surface area (Å²) in [4.78, 5) is 18.9. The van der Waals surface area contributed by atoms with Crippen LogP contribution in [0.25, 0.3) is 0 Å². The molecule has 0 atom stereocenters. The monoisotopic (exact) mass is 482 g/mol. The van der Waals surface area contributed by atoms with Gasteiger partial charge in [-0.15, -0.1) is 0 Å². The minimum atomic E-state index is -4.49. The van der Waals surface area contributed by atoms with Gasteiger partial charge in [0.25, 0.3) is 0 Å². The molecule has 2 aliphatic heterocycles. The minimum absolute atomic E-state index is 0.106. The van der Waals surface area contributed by atoms with E-state index in [1.165, 1.54) is 6.07 Å². The Morgan fingerprint density at radius 1 is 0.939 bits per heavy atom. The quantitative estimate of drug-likeness (QED) is 0.699. The first-order valence-electron chi connectivity index (χ1n) is 10.9. The third kappa shape index (κ3) is 5.90. The molecule has 33 heavy (non-hydrogen) atoms. The second-order valence-electron chi connectivity index (χ2n) is 8.09. The molecule has 10 heteroatoms. The predicted octanol–water partition coefficient (Wildman–Crippen LogP) is 3.96. The number of morpholine rings is 1. The van der Waals surface area contributed by atoms with Gasteiger partial charge in [0.1, 0.15) is 0 Å². The van der Waals surface area contributed by atoms with Crippen LogP contribution in [0.15, 0.2) is 42.5 Å². The van der Waals surface area contributed by atoms with Crippen molar-refractivity contribution in [3.8, 4) is 0 Å². The molecule has 0 aromatic heterocycles. The van der Waals surface area contributed by atoms with Crippen LogP contribution in [0.5, 0.6) is 0 Å². The molecule has 2 heterocycles. The molecule has 0 radical (unpaired) electrons. The molecule has 0 spiro atoms. The fourth-order valence-corrected chi connectivity index (χ4v) is 4.40. The summed E-state index contributed by atoms with van der Waals surface area (Å²) in [6, 6.07) is 11.1. The Balaban J connectivity index is 1.41. The number of benzene rings is 2. The van der Waals surface area contributed by atoms with Crippen molar-refractivity contribution in [2.45, 2.75) is 6.18 Å². The van der Waals surface area contributed by atoms with Crippen LogP contribution in [-0.4, -0.2) is 69.8 Å². The fourth-order valence-electron chi connectivity index (χ4n) is 4.14.